The summed E-state index contributed by atoms with van der Waals surface area (Å²) in [5, 5.41) is 7.44. The molecule has 0 spiro atoms. The summed E-state index contributed by atoms with van der Waals surface area (Å²) in [6.45, 7) is 5.38. The van der Waals surface area contributed by atoms with Crippen molar-refractivity contribution in [2.45, 2.75) is 26.8 Å². The maximum atomic E-state index is 12.7. The van der Waals surface area contributed by atoms with Crippen LogP contribution in [0.2, 0.25) is 5.02 Å². The van der Waals surface area contributed by atoms with Crippen LogP contribution in [0.5, 0.6) is 11.5 Å². The average molecular weight is 395 g/mol. The highest BCUT2D eigenvalue weighted by Gasteiger charge is 2.21. The molecule has 0 aliphatic rings. The number of methoxy groups -OCH3 is 1. The summed E-state index contributed by atoms with van der Waals surface area (Å²) >= 11 is 6.20. The molecular formula is C18H23ClN4O4. The number of carbonyl (C=O) groups is 2. The first-order valence-electron chi connectivity index (χ1n) is 8.25. The molecule has 0 bridgehead atoms. The molecule has 3 N–H and O–H groups in total. The monoisotopic (exact) mass is 394 g/mol. The van der Waals surface area contributed by atoms with E-state index in [1.54, 1.807) is 4.68 Å². The van der Waals surface area contributed by atoms with Crippen molar-refractivity contribution >= 4 is 23.4 Å². The summed E-state index contributed by atoms with van der Waals surface area (Å²) in [5.41, 5.74) is 8.17. The van der Waals surface area contributed by atoms with Gasteiger partial charge in [-0.05, 0) is 32.9 Å². The molecule has 0 aliphatic carbocycles. The van der Waals surface area contributed by atoms with E-state index in [9.17, 15) is 9.59 Å². The quantitative estimate of drug-likeness (QED) is 0.747. The van der Waals surface area contributed by atoms with Crippen molar-refractivity contribution < 1.29 is 19.1 Å². The van der Waals surface area contributed by atoms with Gasteiger partial charge in [0.2, 0.25) is 0 Å². The molecule has 27 heavy (non-hydrogen) atoms. The summed E-state index contributed by atoms with van der Waals surface area (Å²) < 4.78 is 12.3. The Kier molecular flexibility index (Phi) is 6.32. The average Bonchev–Trinajstić information content (AvgIpc) is 2.84. The number of primary amides is 1. The first kappa shape index (κ1) is 20.6. The number of hydrogen-bond acceptors (Lipinski definition) is 5. The normalized spacial score (nSPS) is 11.8. The fraction of sp³-hybridized carbons (Fsp3) is 0.389. The van der Waals surface area contributed by atoms with Crippen LogP contribution < -0.4 is 20.5 Å². The first-order chi connectivity index (χ1) is 12.6. The third-order valence-electron chi connectivity index (χ3n) is 4.20. The van der Waals surface area contributed by atoms with E-state index in [-0.39, 0.29) is 35.1 Å². The molecule has 146 valence electrons. The van der Waals surface area contributed by atoms with Crippen LogP contribution in [-0.2, 0) is 11.8 Å². The predicted octanol–water partition coefficient (Wildman–Crippen LogP) is 2.05. The van der Waals surface area contributed by atoms with Crippen molar-refractivity contribution in [1.82, 2.24) is 15.1 Å². The van der Waals surface area contributed by atoms with Gasteiger partial charge in [0.25, 0.3) is 11.8 Å². The van der Waals surface area contributed by atoms with Crippen LogP contribution >= 0.6 is 11.6 Å². The molecule has 0 saturated carbocycles. The Labute approximate surface area is 162 Å². The Morgan fingerprint density at radius 3 is 2.56 bits per heavy atom. The molecular weight excluding hydrogens is 372 g/mol. The van der Waals surface area contributed by atoms with Crippen LogP contribution in [0.3, 0.4) is 0 Å². The van der Waals surface area contributed by atoms with Gasteiger partial charge in [0.1, 0.15) is 0 Å². The Hall–Kier alpha value is -2.74. The van der Waals surface area contributed by atoms with Crippen LogP contribution in [0.1, 0.15) is 40.3 Å². The van der Waals surface area contributed by atoms with Crippen LogP contribution in [0, 0.1) is 13.8 Å². The Balaban J connectivity index is 2.25. The summed E-state index contributed by atoms with van der Waals surface area (Å²) in [7, 11) is 3.27. The van der Waals surface area contributed by atoms with Gasteiger partial charge in [0, 0.05) is 23.9 Å². The van der Waals surface area contributed by atoms with Gasteiger partial charge in [-0.25, -0.2) is 0 Å². The minimum absolute atomic E-state index is 0.141. The predicted molar refractivity (Wildman–Crippen MR) is 101 cm³/mol. The summed E-state index contributed by atoms with van der Waals surface area (Å²) in [5.74, 6) is -0.588. The second kappa shape index (κ2) is 8.30. The largest absolute Gasteiger partial charge is 0.493 e. The van der Waals surface area contributed by atoms with E-state index in [0.29, 0.717) is 5.56 Å². The van der Waals surface area contributed by atoms with Gasteiger partial charge < -0.3 is 20.5 Å². The lowest BCUT2D eigenvalue weighted by molar-refractivity contribution is -0.119. The van der Waals surface area contributed by atoms with Crippen LogP contribution in [0.15, 0.2) is 12.1 Å². The third-order valence-corrected chi connectivity index (χ3v) is 4.48. The molecule has 1 unspecified atom stereocenters. The van der Waals surface area contributed by atoms with Crippen molar-refractivity contribution in [3.05, 3.63) is 39.7 Å². The Morgan fingerprint density at radius 1 is 1.37 bits per heavy atom. The molecule has 0 saturated heterocycles. The zero-order chi connectivity index (χ0) is 20.3. The molecule has 0 fully saturated rings. The second-order valence-electron chi connectivity index (χ2n) is 6.15. The zero-order valence-corrected chi connectivity index (χ0v) is 16.7. The molecule has 0 radical (unpaired) electrons. The van der Waals surface area contributed by atoms with Gasteiger partial charge in [-0.3, -0.25) is 14.3 Å². The molecule has 1 atom stereocenters. The second-order valence-corrected chi connectivity index (χ2v) is 6.55. The van der Waals surface area contributed by atoms with Gasteiger partial charge in [0.05, 0.1) is 23.9 Å². The number of carbonyl (C=O) groups excluding carboxylic acids is 2. The van der Waals surface area contributed by atoms with E-state index < -0.39 is 5.91 Å². The molecule has 2 amide bonds. The number of ether oxygens (including phenoxy) is 2. The number of hydrogen-bond donors (Lipinski definition) is 2. The standard InChI is InChI=1S/C18H23ClN4O4/c1-9(16-10(2)22-23(4)11(16)3)21-18(25)12-6-13(19)17(14(7-12)26-5)27-8-15(20)24/h6-7,9H,8H2,1-5H3,(H2,20,24)(H,21,25). The number of rotatable bonds is 7. The van der Waals surface area contributed by atoms with Crippen molar-refractivity contribution in [3.63, 3.8) is 0 Å². The number of nitrogens with one attached hydrogen (secondary N) is 1. The molecule has 1 aromatic carbocycles. The summed E-state index contributed by atoms with van der Waals surface area (Å²) in [6, 6.07) is 2.69. The van der Waals surface area contributed by atoms with Crippen molar-refractivity contribution in [1.29, 1.82) is 0 Å². The molecule has 8 nitrogen and oxygen atoms in total. The lowest BCUT2D eigenvalue weighted by Crippen LogP contribution is -2.27. The minimum Gasteiger partial charge on any atom is -0.493 e. The van der Waals surface area contributed by atoms with Crippen LogP contribution in [-0.4, -0.2) is 35.3 Å². The molecule has 2 rings (SSSR count). The Morgan fingerprint density at radius 2 is 2.04 bits per heavy atom. The van der Waals surface area contributed by atoms with E-state index in [4.69, 9.17) is 26.8 Å². The highest BCUT2D eigenvalue weighted by molar-refractivity contribution is 6.32. The highest BCUT2D eigenvalue weighted by atomic mass is 35.5. The van der Waals surface area contributed by atoms with Gasteiger partial charge in [-0.1, -0.05) is 11.6 Å². The highest BCUT2D eigenvalue weighted by Crippen LogP contribution is 2.36. The summed E-state index contributed by atoms with van der Waals surface area (Å²) in [4.78, 5) is 23.6. The Bertz CT molecular complexity index is 879. The van der Waals surface area contributed by atoms with Crippen LogP contribution in [0.25, 0.3) is 0 Å². The molecule has 0 aliphatic heterocycles. The summed E-state index contributed by atoms with van der Waals surface area (Å²) in [6.07, 6.45) is 0. The van der Waals surface area contributed by atoms with E-state index in [2.05, 4.69) is 10.4 Å². The van der Waals surface area contributed by atoms with Gasteiger partial charge in [0.15, 0.2) is 18.1 Å². The number of benzene rings is 1. The van der Waals surface area contributed by atoms with E-state index >= 15 is 0 Å². The van der Waals surface area contributed by atoms with Crippen LogP contribution in [0.4, 0.5) is 0 Å². The molecule has 1 heterocycles. The fourth-order valence-corrected chi connectivity index (χ4v) is 3.17. The number of nitrogens with two attached hydrogens (primary N) is 1. The van der Waals surface area contributed by atoms with Crippen molar-refractivity contribution in [2.75, 3.05) is 13.7 Å². The van der Waals surface area contributed by atoms with E-state index in [1.165, 1.54) is 19.2 Å². The number of aryl methyl sites for hydroxylation is 2. The minimum atomic E-state index is -0.647. The fourth-order valence-electron chi connectivity index (χ4n) is 2.90. The van der Waals surface area contributed by atoms with Gasteiger partial charge in [-0.15, -0.1) is 0 Å². The van der Waals surface area contributed by atoms with Gasteiger partial charge in [-0.2, -0.15) is 5.10 Å². The van der Waals surface area contributed by atoms with Crippen molar-refractivity contribution in [3.8, 4) is 11.5 Å². The zero-order valence-electron chi connectivity index (χ0n) is 15.9. The number of aromatic nitrogens is 2. The smallest absolute Gasteiger partial charge is 0.255 e. The first-order valence-corrected chi connectivity index (χ1v) is 8.63. The molecule has 2 aromatic rings. The van der Waals surface area contributed by atoms with Crippen molar-refractivity contribution in [2.24, 2.45) is 12.8 Å². The third kappa shape index (κ3) is 4.51. The lowest BCUT2D eigenvalue weighted by atomic mass is 10.1. The number of nitrogens with zero attached hydrogens (tertiary/aromatic N) is 2. The number of amides is 2. The van der Waals surface area contributed by atoms with E-state index in [0.717, 1.165) is 17.0 Å². The lowest BCUT2D eigenvalue weighted by Gasteiger charge is -2.17. The van der Waals surface area contributed by atoms with Gasteiger partial charge >= 0.3 is 0 Å². The maximum absolute atomic E-state index is 12.7. The van der Waals surface area contributed by atoms with E-state index in [1.807, 2.05) is 27.8 Å². The molecule has 9 heteroatoms. The topological polar surface area (TPSA) is 108 Å². The molecule has 1 aromatic heterocycles. The SMILES string of the molecule is COc1cc(C(=O)NC(C)c2c(C)nn(C)c2C)cc(Cl)c1OCC(N)=O. The number of halogens is 1. The maximum Gasteiger partial charge on any atom is 0.255 e.